The molecule has 0 aliphatic heterocycles. The molecular weight excluding hydrogens is 144 g/mol. The number of fused-ring (bicyclic) bond motifs is 1. The maximum absolute atomic E-state index is 2.42. The molecule has 74 valence electrons. The molecule has 2 aliphatic carbocycles. The second-order valence-electron chi connectivity index (χ2n) is 3.73. The van der Waals surface area contributed by atoms with Gasteiger partial charge in [-0.1, -0.05) is 41.5 Å². The lowest BCUT2D eigenvalue weighted by Gasteiger charge is -2.10. The largest absolute Gasteiger partial charge is 0.0683 e. The number of rotatable bonds is 0. The maximum Gasteiger partial charge on any atom is -0.0355 e. The van der Waals surface area contributed by atoms with Crippen molar-refractivity contribution in [3.8, 4) is 0 Å². The topological polar surface area (TPSA) is 0 Å². The zero-order chi connectivity index (χ0) is 9.72. The first-order valence-electron chi connectivity index (χ1n) is 5.79. The molecule has 0 aromatic rings. The zero-order valence-electron chi connectivity index (χ0n) is 9.72. The molecule has 2 aliphatic rings. The van der Waals surface area contributed by atoms with E-state index in [9.17, 15) is 0 Å². The average Bonchev–Trinajstić information content (AvgIpc) is 2.84. The van der Waals surface area contributed by atoms with Crippen molar-refractivity contribution >= 4 is 0 Å². The Morgan fingerprint density at radius 1 is 0.833 bits per heavy atom. The lowest BCUT2D eigenvalue weighted by Crippen LogP contribution is -2.02. The van der Waals surface area contributed by atoms with Gasteiger partial charge in [0.1, 0.15) is 0 Å². The van der Waals surface area contributed by atoms with E-state index in [1.165, 1.54) is 12.3 Å². The van der Waals surface area contributed by atoms with Crippen LogP contribution in [-0.4, -0.2) is 0 Å². The van der Waals surface area contributed by atoms with Crippen molar-refractivity contribution in [3.63, 3.8) is 0 Å². The number of hydrogen-bond donors (Lipinski definition) is 0. The molecule has 4 atom stereocenters. The molecular formula is C12H26. The van der Waals surface area contributed by atoms with Gasteiger partial charge < -0.3 is 0 Å². The Labute approximate surface area is 78.8 Å². The second kappa shape index (κ2) is 5.61. The molecule has 0 aromatic carbocycles. The van der Waals surface area contributed by atoms with Crippen LogP contribution in [0.1, 0.15) is 54.4 Å². The van der Waals surface area contributed by atoms with Crippen molar-refractivity contribution in [2.45, 2.75) is 54.4 Å². The Kier molecular flexibility index (Phi) is 5.61. The SMILES string of the molecule is CC.CC.CC1CC2CC2C1C. The minimum atomic E-state index is 1.04. The average molecular weight is 170 g/mol. The third kappa shape index (κ3) is 2.50. The van der Waals surface area contributed by atoms with Crippen LogP contribution in [0.5, 0.6) is 0 Å². The molecule has 4 unspecified atom stereocenters. The van der Waals surface area contributed by atoms with E-state index in [4.69, 9.17) is 0 Å². The molecule has 0 heterocycles. The zero-order valence-corrected chi connectivity index (χ0v) is 9.72. The summed E-state index contributed by atoms with van der Waals surface area (Å²) < 4.78 is 0. The van der Waals surface area contributed by atoms with Crippen molar-refractivity contribution < 1.29 is 0 Å². The fourth-order valence-corrected chi connectivity index (χ4v) is 2.30. The van der Waals surface area contributed by atoms with Gasteiger partial charge in [0, 0.05) is 0 Å². The van der Waals surface area contributed by atoms with Crippen molar-refractivity contribution in [1.82, 2.24) is 0 Å². The monoisotopic (exact) mass is 170 g/mol. The Balaban J connectivity index is 0.000000269. The molecule has 2 saturated carbocycles. The normalized spacial score (nSPS) is 41.5. The molecule has 0 radical (unpaired) electrons. The second-order valence-corrected chi connectivity index (χ2v) is 3.73. The summed E-state index contributed by atoms with van der Waals surface area (Å²) in [5.41, 5.74) is 0. The molecule has 2 rings (SSSR count). The molecule has 0 bridgehead atoms. The van der Waals surface area contributed by atoms with Crippen LogP contribution in [0, 0.1) is 23.7 Å². The summed E-state index contributed by atoms with van der Waals surface area (Å²) in [6, 6.07) is 0. The summed E-state index contributed by atoms with van der Waals surface area (Å²) in [7, 11) is 0. The van der Waals surface area contributed by atoms with Crippen LogP contribution in [0.2, 0.25) is 0 Å². The molecule has 12 heavy (non-hydrogen) atoms. The van der Waals surface area contributed by atoms with Gasteiger partial charge in [0.05, 0.1) is 0 Å². The van der Waals surface area contributed by atoms with Crippen LogP contribution in [0.3, 0.4) is 0 Å². The highest BCUT2D eigenvalue weighted by Crippen LogP contribution is 2.57. The Hall–Kier alpha value is 0. The lowest BCUT2D eigenvalue weighted by atomic mass is 9.95. The van der Waals surface area contributed by atoms with Crippen molar-refractivity contribution in [2.75, 3.05) is 0 Å². The molecule has 0 nitrogen and oxygen atoms in total. The highest BCUT2D eigenvalue weighted by Gasteiger charge is 2.49. The van der Waals surface area contributed by atoms with Gasteiger partial charge in [-0.25, -0.2) is 0 Å². The Morgan fingerprint density at radius 3 is 1.50 bits per heavy atom. The third-order valence-corrected chi connectivity index (χ3v) is 3.22. The van der Waals surface area contributed by atoms with Crippen molar-refractivity contribution in [3.05, 3.63) is 0 Å². The minimum absolute atomic E-state index is 1.04. The molecule has 0 N–H and O–H groups in total. The summed E-state index contributed by atoms with van der Waals surface area (Å²) >= 11 is 0. The minimum Gasteiger partial charge on any atom is -0.0683 e. The van der Waals surface area contributed by atoms with E-state index in [1.807, 2.05) is 27.7 Å². The predicted molar refractivity (Wildman–Crippen MR) is 57.2 cm³/mol. The first-order valence-corrected chi connectivity index (χ1v) is 5.79. The predicted octanol–water partition coefficient (Wildman–Crippen LogP) is 4.35. The summed E-state index contributed by atoms with van der Waals surface area (Å²) in [6.07, 6.45) is 3.09. The van der Waals surface area contributed by atoms with Crippen LogP contribution in [0.4, 0.5) is 0 Å². The van der Waals surface area contributed by atoms with E-state index in [1.54, 1.807) is 6.42 Å². The third-order valence-electron chi connectivity index (χ3n) is 3.22. The van der Waals surface area contributed by atoms with Gasteiger partial charge in [-0.15, -0.1) is 0 Å². The smallest absolute Gasteiger partial charge is 0.0355 e. The van der Waals surface area contributed by atoms with E-state index in [-0.39, 0.29) is 0 Å². The van der Waals surface area contributed by atoms with Crippen molar-refractivity contribution in [1.29, 1.82) is 0 Å². The van der Waals surface area contributed by atoms with Crippen LogP contribution >= 0.6 is 0 Å². The van der Waals surface area contributed by atoms with Crippen molar-refractivity contribution in [2.24, 2.45) is 23.7 Å². The fourth-order valence-electron chi connectivity index (χ4n) is 2.30. The summed E-state index contributed by atoms with van der Waals surface area (Å²) in [5, 5.41) is 0. The van der Waals surface area contributed by atoms with Crippen LogP contribution in [0.25, 0.3) is 0 Å². The molecule has 0 aromatic heterocycles. The van der Waals surface area contributed by atoms with Crippen LogP contribution < -0.4 is 0 Å². The van der Waals surface area contributed by atoms with Gasteiger partial charge in [0.2, 0.25) is 0 Å². The highest BCUT2D eigenvalue weighted by molar-refractivity contribution is 4.98. The highest BCUT2D eigenvalue weighted by atomic mass is 14.5. The fraction of sp³-hybridized carbons (Fsp3) is 1.00. The molecule has 0 saturated heterocycles. The van der Waals surface area contributed by atoms with Gasteiger partial charge in [-0.3, -0.25) is 0 Å². The molecule has 0 heteroatoms. The molecule has 2 fully saturated rings. The number of hydrogen-bond acceptors (Lipinski definition) is 0. The van der Waals surface area contributed by atoms with E-state index >= 15 is 0 Å². The van der Waals surface area contributed by atoms with E-state index in [0.717, 1.165) is 17.8 Å². The van der Waals surface area contributed by atoms with Crippen LogP contribution in [0.15, 0.2) is 0 Å². The summed E-state index contributed by atoms with van der Waals surface area (Å²) in [5.74, 6) is 4.42. The van der Waals surface area contributed by atoms with E-state index in [0.29, 0.717) is 0 Å². The van der Waals surface area contributed by atoms with Gasteiger partial charge in [0.25, 0.3) is 0 Å². The molecule has 0 spiro atoms. The van der Waals surface area contributed by atoms with Gasteiger partial charge in [-0.2, -0.15) is 0 Å². The van der Waals surface area contributed by atoms with Gasteiger partial charge in [-0.05, 0) is 36.5 Å². The summed E-state index contributed by atoms with van der Waals surface area (Å²) in [6.45, 7) is 12.8. The quantitative estimate of drug-likeness (QED) is 0.507. The maximum atomic E-state index is 2.42. The van der Waals surface area contributed by atoms with Gasteiger partial charge >= 0.3 is 0 Å². The standard InChI is InChI=1S/C8H14.2C2H6/c1-5-3-7-4-8(7)6(5)2;2*1-2/h5-8H,3-4H2,1-2H3;2*1-2H3. The van der Waals surface area contributed by atoms with Gasteiger partial charge in [0.15, 0.2) is 0 Å². The Bertz CT molecular complexity index is 105. The molecule has 0 amide bonds. The summed E-state index contributed by atoms with van der Waals surface area (Å²) in [4.78, 5) is 0. The van der Waals surface area contributed by atoms with E-state index < -0.39 is 0 Å². The van der Waals surface area contributed by atoms with E-state index in [2.05, 4.69) is 13.8 Å². The van der Waals surface area contributed by atoms with Crippen LogP contribution in [-0.2, 0) is 0 Å². The first kappa shape index (κ1) is 12.0. The Morgan fingerprint density at radius 2 is 1.33 bits per heavy atom. The lowest BCUT2D eigenvalue weighted by molar-refractivity contribution is 0.394. The first-order chi connectivity index (χ1) is 5.79.